The second-order valence-electron chi connectivity index (χ2n) is 14.7. The number of rotatable bonds is 30. The molecule has 0 aliphatic carbocycles. The fourth-order valence-electron chi connectivity index (χ4n) is 5.90. The first kappa shape index (κ1) is 65.8. The first-order valence-electron chi connectivity index (χ1n) is 22.1. The van der Waals surface area contributed by atoms with E-state index >= 15 is 0 Å². The summed E-state index contributed by atoms with van der Waals surface area (Å²) < 4.78 is 0. The molecule has 0 saturated heterocycles. The maximum absolute atomic E-state index is 10.5. The monoisotopic (exact) mass is 837 g/mol. The Morgan fingerprint density at radius 3 is 0.464 bits per heavy atom. The van der Waals surface area contributed by atoms with Crippen molar-refractivity contribution >= 4 is 29.8 Å². The Morgan fingerprint density at radius 2 is 0.393 bits per heavy atom. The average Bonchev–Trinajstić information content (AvgIpc) is 3.14. The molecule has 11 heteroatoms. The minimum Gasteiger partial charge on any atom is -0.550 e. The minimum absolute atomic E-state index is 0. The standard InChI is InChI=1S/5C9H18O2.V/c5*1-3-5-7-8(6-4-2)9(10)11;/h5*8H,3-7H2,1-2H3,(H,10,11);/q;;;;;+5/p-5. The third-order valence-corrected chi connectivity index (χ3v) is 9.38. The number of aliphatic carboxylic acids is 5. The maximum atomic E-state index is 10.5. The summed E-state index contributed by atoms with van der Waals surface area (Å²) in [5.74, 6) is -5.42. The summed E-state index contributed by atoms with van der Waals surface area (Å²) in [6, 6.07) is 0. The van der Waals surface area contributed by atoms with Crippen LogP contribution in [0, 0.1) is 29.6 Å². The van der Waals surface area contributed by atoms with E-state index < -0.39 is 29.8 Å². The number of carboxylic acid groups (broad SMARTS) is 5. The molecular formula is C45H85O10V. The van der Waals surface area contributed by atoms with E-state index in [1.54, 1.807) is 0 Å². The third kappa shape index (κ3) is 48.1. The molecule has 56 heavy (non-hydrogen) atoms. The van der Waals surface area contributed by atoms with Crippen molar-refractivity contribution in [3.8, 4) is 0 Å². The van der Waals surface area contributed by atoms with Crippen molar-refractivity contribution in [1.82, 2.24) is 0 Å². The van der Waals surface area contributed by atoms with Gasteiger partial charge in [0, 0.05) is 29.8 Å². The predicted octanol–water partition coefficient (Wildman–Crippen LogP) is 6.71. The van der Waals surface area contributed by atoms with Crippen LogP contribution in [0.3, 0.4) is 0 Å². The summed E-state index contributed by atoms with van der Waals surface area (Å²) in [7, 11) is 0. The largest absolute Gasteiger partial charge is 5.00 e. The van der Waals surface area contributed by atoms with E-state index in [0.29, 0.717) is 0 Å². The molecule has 0 aromatic heterocycles. The molecule has 0 N–H and O–H groups in total. The number of carbonyl (C=O) groups excluding carboxylic acids is 5. The van der Waals surface area contributed by atoms with E-state index in [2.05, 4.69) is 34.6 Å². The Balaban J connectivity index is -0.000000139. The smallest absolute Gasteiger partial charge is 0.550 e. The summed E-state index contributed by atoms with van der Waals surface area (Å²) >= 11 is 0. The average molecular weight is 837 g/mol. The molecule has 0 rings (SSSR count). The maximum Gasteiger partial charge on any atom is 5.00 e. The molecule has 0 bridgehead atoms. The van der Waals surface area contributed by atoms with Gasteiger partial charge in [0.05, 0.1) is 0 Å². The Labute approximate surface area is 356 Å². The molecule has 0 fully saturated rings. The molecule has 330 valence electrons. The molecule has 0 heterocycles. The summed E-state index contributed by atoms with van der Waals surface area (Å²) in [5, 5.41) is 52.4. The van der Waals surface area contributed by atoms with Crippen LogP contribution in [-0.4, -0.2) is 29.8 Å². The molecule has 0 amide bonds. The Hall–Kier alpha value is -2.07. The number of carbonyl (C=O) groups is 5. The first-order chi connectivity index (χ1) is 26.1. The normalized spacial score (nSPS) is 12.7. The molecule has 5 atom stereocenters. The first-order valence-corrected chi connectivity index (χ1v) is 22.1. The number of hydrogen-bond acceptors (Lipinski definition) is 10. The van der Waals surface area contributed by atoms with Gasteiger partial charge >= 0.3 is 18.6 Å². The number of unbranched alkanes of at least 4 members (excludes halogenated alkanes) is 5. The number of carboxylic acids is 5. The molecule has 0 aromatic rings. The topological polar surface area (TPSA) is 201 Å². The van der Waals surface area contributed by atoms with Crippen LogP contribution >= 0.6 is 0 Å². The zero-order valence-corrected chi connectivity index (χ0v) is 39.0. The van der Waals surface area contributed by atoms with Crippen LogP contribution in [0.1, 0.15) is 230 Å². The van der Waals surface area contributed by atoms with Gasteiger partial charge in [0.2, 0.25) is 0 Å². The van der Waals surface area contributed by atoms with Gasteiger partial charge in [0.1, 0.15) is 0 Å². The van der Waals surface area contributed by atoms with Crippen molar-refractivity contribution in [1.29, 1.82) is 0 Å². The van der Waals surface area contributed by atoms with Crippen LogP contribution in [0.5, 0.6) is 0 Å². The van der Waals surface area contributed by atoms with Crippen LogP contribution in [0.2, 0.25) is 0 Å². The van der Waals surface area contributed by atoms with Gasteiger partial charge in [-0.25, -0.2) is 0 Å². The van der Waals surface area contributed by atoms with Gasteiger partial charge in [0.25, 0.3) is 0 Å². The Morgan fingerprint density at radius 1 is 0.268 bits per heavy atom. The predicted molar refractivity (Wildman–Crippen MR) is 215 cm³/mol. The minimum atomic E-state index is -0.875. The summed E-state index contributed by atoms with van der Waals surface area (Å²) in [6.07, 6.45) is 22.7. The van der Waals surface area contributed by atoms with Crippen LogP contribution in [0.25, 0.3) is 0 Å². The van der Waals surface area contributed by atoms with Gasteiger partial charge in [-0.05, 0) is 93.8 Å². The van der Waals surface area contributed by atoms with Crippen molar-refractivity contribution in [2.24, 2.45) is 29.6 Å². The van der Waals surface area contributed by atoms with Crippen LogP contribution in [0.15, 0.2) is 0 Å². The van der Waals surface area contributed by atoms with Gasteiger partial charge in [-0.1, -0.05) is 166 Å². The molecule has 10 nitrogen and oxygen atoms in total. The van der Waals surface area contributed by atoms with Gasteiger partial charge in [-0.3, -0.25) is 0 Å². The SMILES string of the molecule is CCCCC(CCC)C(=O)[O-].CCCCC(CCC)C(=O)[O-].CCCCC(CCC)C(=O)[O-].CCCCC(CCC)C(=O)[O-].CCCCC(CCC)C(=O)[O-].[V+5]. The quantitative estimate of drug-likeness (QED) is 0.0749. The van der Waals surface area contributed by atoms with Crippen LogP contribution in [-0.2, 0) is 42.5 Å². The van der Waals surface area contributed by atoms with Crippen molar-refractivity contribution in [3.05, 3.63) is 0 Å². The van der Waals surface area contributed by atoms with Crippen molar-refractivity contribution < 1.29 is 68.1 Å². The van der Waals surface area contributed by atoms with Crippen LogP contribution in [0.4, 0.5) is 0 Å². The molecule has 0 aliphatic rings. The van der Waals surface area contributed by atoms with Crippen LogP contribution < -0.4 is 25.5 Å². The van der Waals surface area contributed by atoms with E-state index in [1.165, 1.54) is 0 Å². The Bertz CT molecular complexity index is 720. The molecule has 0 aliphatic heterocycles. The molecular weight excluding hydrogens is 751 g/mol. The second kappa shape index (κ2) is 51.0. The zero-order chi connectivity index (χ0) is 43.5. The van der Waals surface area contributed by atoms with Crippen molar-refractivity contribution in [3.63, 3.8) is 0 Å². The fourth-order valence-corrected chi connectivity index (χ4v) is 5.90. The second-order valence-corrected chi connectivity index (χ2v) is 14.7. The zero-order valence-electron chi connectivity index (χ0n) is 37.6. The molecule has 0 spiro atoms. The van der Waals surface area contributed by atoms with Gasteiger partial charge in [-0.15, -0.1) is 0 Å². The molecule has 5 unspecified atom stereocenters. The van der Waals surface area contributed by atoms with E-state index in [4.69, 9.17) is 0 Å². The summed E-state index contributed by atoms with van der Waals surface area (Å²) in [4.78, 5) is 52.4. The molecule has 0 radical (unpaired) electrons. The van der Waals surface area contributed by atoms with Crippen molar-refractivity contribution in [2.45, 2.75) is 230 Å². The molecule has 0 aromatic carbocycles. The van der Waals surface area contributed by atoms with Gasteiger partial charge in [-0.2, -0.15) is 0 Å². The number of hydrogen-bond donors (Lipinski definition) is 0. The van der Waals surface area contributed by atoms with Gasteiger partial charge in [0.15, 0.2) is 0 Å². The van der Waals surface area contributed by atoms with Crippen molar-refractivity contribution in [2.75, 3.05) is 0 Å². The van der Waals surface area contributed by atoms with Gasteiger partial charge < -0.3 is 49.5 Å². The van der Waals surface area contributed by atoms with E-state index in [9.17, 15) is 49.5 Å². The summed E-state index contributed by atoms with van der Waals surface area (Å²) in [6.45, 7) is 20.3. The Kier molecular flexibility index (Phi) is 59.8. The molecule has 0 saturated carbocycles. The van der Waals surface area contributed by atoms with E-state index in [-0.39, 0.29) is 48.1 Å². The fraction of sp³-hybridized carbons (Fsp3) is 0.889. The van der Waals surface area contributed by atoms with E-state index in [0.717, 1.165) is 161 Å². The summed E-state index contributed by atoms with van der Waals surface area (Å²) in [5.41, 5.74) is 0. The third-order valence-electron chi connectivity index (χ3n) is 9.38. The van der Waals surface area contributed by atoms with E-state index in [1.807, 2.05) is 34.6 Å².